The normalized spacial score (nSPS) is 18.3. The number of hydrogen-bond donors (Lipinski definition) is 1. The summed E-state index contributed by atoms with van der Waals surface area (Å²) in [7, 11) is 0. The molecular formula is C25H31N3O2. The molecule has 0 atom stereocenters. The van der Waals surface area contributed by atoms with Crippen LogP contribution in [0.1, 0.15) is 42.4 Å². The molecule has 0 radical (unpaired) electrons. The third-order valence-corrected chi connectivity index (χ3v) is 6.56. The maximum Gasteiger partial charge on any atom is 0.321 e. The third kappa shape index (κ3) is 4.07. The van der Waals surface area contributed by atoms with Crippen LogP contribution in [0.3, 0.4) is 0 Å². The molecular weight excluding hydrogens is 374 g/mol. The molecule has 0 spiro atoms. The van der Waals surface area contributed by atoms with Crippen LogP contribution >= 0.6 is 0 Å². The zero-order valence-corrected chi connectivity index (χ0v) is 18.0. The summed E-state index contributed by atoms with van der Waals surface area (Å²) in [6, 6.07) is 16.1. The maximum atomic E-state index is 13.6. The zero-order chi connectivity index (χ0) is 21.1. The van der Waals surface area contributed by atoms with Gasteiger partial charge in [-0.15, -0.1) is 0 Å². The van der Waals surface area contributed by atoms with Gasteiger partial charge < -0.3 is 15.1 Å². The first-order valence-electron chi connectivity index (χ1n) is 11.0. The number of anilines is 1. The van der Waals surface area contributed by atoms with Crippen LogP contribution in [0.15, 0.2) is 48.5 Å². The highest BCUT2D eigenvalue weighted by atomic mass is 16.2. The number of carbonyl (C=O) groups is 2. The minimum Gasteiger partial charge on any atom is -0.338 e. The van der Waals surface area contributed by atoms with Crippen LogP contribution in [0, 0.1) is 13.8 Å². The Hall–Kier alpha value is -2.82. The van der Waals surface area contributed by atoms with E-state index in [1.807, 2.05) is 36.1 Å². The van der Waals surface area contributed by atoms with Crippen LogP contribution in [-0.4, -0.2) is 47.9 Å². The first-order chi connectivity index (χ1) is 14.5. The van der Waals surface area contributed by atoms with Crippen molar-refractivity contribution >= 4 is 17.6 Å². The summed E-state index contributed by atoms with van der Waals surface area (Å²) in [4.78, 5) is 30.1. The summed E-state index contributed by atoms with van der Waals surface area (Å²) in [5.74, 6) is 0.240. The molecule has 2 aliphatic rings. The SMILES string of the molecule is Cc1cccc(NC(=O)N2CCN(C(=O)C3(c4cccc(C)c4)CCCC3)CC2)c1. The number of amides is 3. The zero-order valence-electron chi connectivity index (χ0n) is 18.0. The van der Waals surface area contributed by atoms with E-state index in [1.54, 1.807) is 4.90 Å². The standard InChI is InChI=1S/C25H31N3O2/c1-19-7-5-9-21(17-19)25(11-3-4-12-25)23(29)27-13-15-28(16-14-27)24(30)26-22-10-6-8-20(2)18-22/h5-10,17-18H,3-4,11-16H2,1-2H3,(H,26,30). The lowest BCUT2D eigenvalue weighted by Gasteiger charge is -2.40. The maximum absolute atomic E-state index is 13.6. The quantitative estimate of drug-likeness (QED) is 0.818. The molecule has 3 amide bonds. The molecule has 1 saturated heterocycles. The van der Waals surface area contributed by atoms with Crippen LogP contribution in [0.5, 0.6) is 0 Å². The van der Waals surface area contributed by atoms with Crippen molar-refractivity contribution in [2.24, 2.45) is 0 Å². The van der Waals surface area contributed by atoms with E-state index < -0.39 is 5.41 Å². The first-order valence-corrected chi connectivity index (χ1v) is 11.0. The molecule has 1 saturated carbocycles. The van der Waals surface area contributed by atoms with Crippen LogP contribution in [0.4, 0.5) is 10.5 Å². The van der Waals surface area contributed by atoms with Crippen LogP contribution in [-0.2, 0) is 10.2 Å². The average Bonchev–Trinajstić information content (AvgIpc) is 3.24. The van der Waals surface area contributed by atoms with E-state index in [4.69, 9.17) is 0 Å². The van der Waals surface area contributed by atoms with Gasteiger partial charge in [-0.1, -0.05) is 54.8 Å². The molecule has 0 aromatic heterocycles. The van der Waals surface area contributed by atoms with Crippen molar-refractivity contribution < 1.29 is 9.59 Å². The molecule has 30 heavy (non-hydrogen) atoms. The van der Waals surface area contributed by atoms with Crippen molar-refractivity contribution in [1.82, 2.24) is 9.80 Å². The molecule has 158 valence electrons. The largest absolute Gasteiger partial charge is 0.338 e. The van der Waals surface area contributed by atoms with Gasteiger partial charge in [-0.2, -0.15) is 0 Å². The van der Waals surface area contributed by atoms with Crippen LogP contribution < -0.4 is 5.32 Å². The molecule has 1 aliphatic carbocycles. The Morgan fingerprint density at radius 3 is 2.07 bits per heavy atom. The van der Waals surface area contributed by atoms with Crippen molar-refractivity contribution in [2.75, 3.05) is 31.5 Å². The van der Waals surface area contributed by atoms with Gasteiger partial charge in [0.15, 0.2) is 0 Å². The number of urea groups is 1. The fourth-order valence-electron chi connectivity index (χ4n) is 4.89. The van der Waals surface area contributed by atoms with E-state index in [0.29, 0.717) is 26.2 Å². The number of carbonyl (C=O) groups excluding carboxylic acids is 2. The number of aryl methyl sites for hydroxylation is 2. The predicted octanol–water partition coefficient (Wildman–Crippen LogP) is 4.49. The smallest absolute Gasteiger partial charge is 0.321 e. The average molecular weight is 406 g/mol. The van der Waals surface area contributed by atoms with E-state index in [0.717, 1.165) is 42.5 Å². The first kappa shape index (κ1) is 20.5. The lowest BCUT2D eigenvalue weighted by molar-refractivity contribution is -0.138. The summed E-state index contributed by atoms with van der Waals surface area (Å²) >= 11 is 0. The minimum atomic E-state index is -0.391. The molecule has 2 aromatic carbocycles. The number of benzene rings is 2. The van der Waals surface area contributed by atoms with E-state index in [2.05, 4.69) is 36.5 Å². The molecule has 2 aromatic rings. The van der Waals surface area contributed by atoms with Crippen molar-refractivity contribution in [3.63, 3.8) is 0 Å². The molecule has 5 nitrogen and oxygen atoms in total. The molecule has 2 fully saturated rings. The van der Waals surface area contributed by atoms with E-state index in [9.17, 15) is 9.59 Å². The van der Waals surface area contributed by atoms with E-state index >= 15 is 0 Å². The highest BCUT2D eigenvalue weighted by Crippen LogP contribution is 2.43. The lowest BCUT2D eigenvalue weighted by Crippen LogP contribution is -2.55. The monoisotopic (exact) mass is 405 g/mol. The van der Waals surface area contributed by atoms with Gasteiger partial charge >= 0.3 is 6.03 Å². The Kier molecular flexibility index (Phi) is 5.80. The molecule has 1 N–H and O–H groups in total. The van der Waals surface area contributed by atoms with Gasteiger partial charge in [-0.25, -0.2) is 4.79 Å². The van der Waals surface area contributed by atoms with E-state index in [1.165, 1.54) is 5.56 Å². The number of nitrogens with one attached hydrogen (secondary N) is 1. The topological polar surface area (TPSA) is 52.7 Å². The van der Waals surface area contributed by atoms with Gasteiger partial charge in [-0.05, 0) is 49.9 Å². The third-order valence-electron chi connectivity index (χ3n) is 6.56. The highest BCUT2D eigenvalue weighted by Gasteiger charge is 2.45. The van der Waals surface area contributed by atoms with Crippen molar-refractivity contribution in [1.29, 1.82) is 0 Å². The highest BCUT2D eigenvalue weighted by molar-refractivity contribution is 5.91. The summed E-state index contributed by atoms with van der Waals surface area (Å²) in [5, 5.41) is 2.97. The fourth-order valence-corrected chi connectivity index (χ4v) is 4.89. The minimum absolute atomic E-state index is 0.0954. The number of rotatable bonds is 3. The molecule has 1 heterocycles. The number of hydrogen-bond acceptors (Lipinski definition) is 2. The molecule has 1 aliphatic heterocycles. The van der Waals surface area contributed by atoms with Gasteiger partial charge in [0, 0.05) is 31.9 Å². The Balaban J connectivity index is 1.41. The number of nitrogens with zero attached hydrogens (tertiary/aromatic N) is 2. The summed E-state index contributed by atoms with van der Waals surface area (Å²) in [6.07, 6.45) is 4.03. The van der Waals surface area contributed by atoms with Crippen molar-refractivity contribution in [3.8, 4) is 0 Å². The Labute approximate surface area is 179 Å². The second kappa shape index (κ2) is 8.50. The Morgan fingerprint density at radius 2 is 1.43 bits per heavy atom. The Bertz CT molecular complexity index is 925. The van der Waals surface area contributed by atoms with Gasteiger partial charge in [-0.3, -0.25) is 4.79 Å². The second-order valence-electron chi connectivity index (χ2n) is 8.74. The second-order valence-corrected chi connectivity index (χ2v) is 8.74. The van der Waals surface area contributed by atoms with E-state index in [-0.39, 0.29) is 11.9 Å². The number of piperazine rings is 1. The van der Waals surface area contributed by atoms with Gasteiger partial charge in [0.25, 0.3) is 0 Å². The van der Waals surface area contributed by atoms with Crippen LogP contribution in [0.2, 0.25) is 0 Å². The Morgan fingerprint density at radius 1 is 0.833 bits per heavy atom. The summed E-state index contributed by atoms with van der Waals surface area (Å²) in [5.41, 5.74) is 3.88. The summed E-state index contributed by atoms with van der Waals surface area (Å²) < 4.78 is 0. The molecule has 5 heteroatoms. The molecule has 0 unspecified atom stereocenters. The van der Waals surface area contributed by atoms with Crippen molar-refractivity contribution in [3.05, 3.63) is 65.2 Å². The summed E-state index contributed by atoms with van der Waals surface area (Å²) in [6.45, 7) is 6.40. The van der Waals surface area contributed by atoms with Gasteiger partial charge in [0.1, 0.15) is 0 Å². The lowest BCUT2D eigenvalue weighted by atomic mass is 9.77. The fraction of sp³-hybridized carbons (Fsp3) is 0.440. The predicted molar refractivity (Wildman–Crippen MR) is 120 cm³/mol. The molecule has 4 rings (SSSR count). The molecule has 0 bridgehead atoms. The van der Waals surface area contributed by atoms with Crippen molar-refractivity contribution in [2.45, 2.75) is 44.9 Å². The van der Waals surface area contributed by atoms with Crippen LogP contribution in [0.25, 0.3) is 0 Å². The van der Waals surface area contributed by atoms with Gasteiger partial charge in [0.2, 0.25) is 5.91 Å². The van der Waals surface area contributed by atoms with Gasteiger partial charge in [0.05, 0.1) is 5.41 Å².